The van der Waals surface area contributed by atoms with Gasteiger partial charge in [0.15, 0.2) is 0 Å². The van der Waals surface area contributed by atoms with Crippen molar-refractivity contribution in [2.75, 3.05) is 0 Å². The monoisotopic (exact) mass is 182 g/mol. The quantitative estimate of drug-likeness (QED) is 0.615. The highest BCUT2D eigenvalue weighted by Gasteiger charge is 2.23. The van der Waals surface area contributed by atoms with Crippen molar-refractivity contribution in [3.63, 3.8) is 0 Å². The van der Waals surface area contributed by atoms with Gasteiger partial charge in [0.2, 0.25) is 0 Å². The Hall–Kier alpha value is -1.18. The molecule has 0 aliphatic carbocycles. The molecule has 0 aliphatic heterocycles. The van der Waals surface area contributed by atoms with Crippen LogP contribution in [0.3, 0.4) is 0 Å². The van der Waals surface area contributed by atoms with Gasteiger partial charge in [-0.3, -0.25) is 0 Å². The number of rotatable bonds is 2. The Morgan fingerprint density at radius 3 is 2.08 bits per heavy atom. The van der Waals surface area contributed by atoms with E-state index in [9.17, 15) is 8.78 Å². The SMILES string of the molecule is C=CC(C)(C)c1c(F)cccc1F. The van der Waals surface area contributed by atoms with Crippen LogP contribution in [0.15, 0.2) is 30.9 Å². The third-order valence-electron chi connectivity index (χ3n) is 2.12. The molecule has 70 valence electrons. The first-order valence-electron chi connectivity index (χ1n) is 4.07. The van der Waals surface area contributed by atoms with Crippen molar-refractivity contribution in [2.24, 2.45) is 0 Å². The lowest BCUT2D eigenvalue weighted by atomic mass is 9.84. The highest BCUT2D eigenvalue weighted by atomic mass is 19.1. The van der Waals surface area contributed by atoms with Crippen molar-refractivity contribution in [3.8, 4) is 0 Å². The van der Waals surface area contributed by atoms with Crippen molar-refractivity contribution < 1.29 is 8.78 Å². The Balaban J connectivity index is 3.36. The van der Waals surface area contributed by atoms with Crippen LogP contribution in [0.4, 0.5) is 8.78 Å². The zero-order valence-electron chi connectivity index (χ0n) is 7.77. The van der Waals surface area contributed by atoms with Crippen LogP contribution < -0.4 is 0 Å². The van der Waals surface area contributed by atoms with Crippen molar-refractivity contribution in [3.05, 3.63) is 48.1 Å². The van der Waals surface area contributed by atoms with E-state index in [1.807, 2.05) is 0 Å². The maximum absolute atomic E-state index is 13.2. The van der Waals surface area contributed by atoms with Crippen LogP contribution in [0.5, 0.6) is 0 Å². The Kier molecular flexibility index (Phi) is 2.50. The van der Waals surface area contributed by atoms with Gasteiger partial charge in [0.25, 0.3) is 0 Å². The summed E-state index contributed by atoms with van der Waals surface area (Å²) in [5, 5.41) is 0. The summed E-state index contributed by atoms with van der Waals surface area (Å²) in [7, 11) is 0. The fourth-order valence-corrected chi connectivity index (χ4v) is 1.22. The van der Waals surface area contributed by atoms with E-state index in [0.29, 0.717) is 0 Å². The van der Waals surface area contributed by atoms with Crippen molar-refractivity contribution in [1.82, 2.24) is 0 Å². The molecule has 1 aromatic rings. The minimum absolute atomic E-state index is 0.0741. The van der Waals surface area contributed by atoms with Gasteiger partial charge in [-0.2, -0.15) is 0 Å². The van der Waals surface area contributed by atoms with Crippen LogP contribution in [-0.2, 0) is 5.41 Å². The second kappa shape index (κ2) is 3.29. The van der Waals surface area contributed by atoms with Crippen molar-refractivity contribution in [2.45, 2.75) is 19.3 Å². The van der Waals surface area contributed by atoms with E-state index in [1.54, 1.807) is 13.8 Å². The van der Waals surface area contributed by atoms with Crippen LogP contribution in [0.25, 0.3) is 0 Å². The van der Waals surface area contributed by atoms with Gasteiger partial charge in [-0.25, -0.2) is 8.78 Å². The second-order valence-electron chi connectivity index (χ2n) is 3.52. The molecule has 0 spiro atoms. The van der Waals surface area contributed by atoms with Gasteiger partial charge in [0.05, 0.1) is 0 Å². The molecular weight excluding hydrogens is 170 g/mol. The molecule has 0 atom stereocenters. The van der Waals surface area contributed by atoms with Crippen molar-refractivity contribution >= 4 is 0 Å². The number of hydrogen-bond acceptors (Lipinski definition) is 0. The summed E-state index contributed by atoms with van der Waals surface area (Å²) in [5.74, 6) is -1.05. The van der Waals surface area contributed by atoms with Crippen LogP contribution >= 0.6 is 0 Å². The second-order valence-corrected chi connectivity index (χ2v) is 3.52. The lowest BCUT2D eigenvalue weighted by molar-refractivity contribution is 0.504. The van der Waals surface area contributed by atoms with Gasteiger partial charge < -0.3 is 0 Å². The van der Waals surface area contributed by atoms with Gasteiger partial charge in [-0.15, -0.1) is 6.58 Å². The number of benzene rings is 1. The minimum Gasteiger partial charge on any atom is -0.207 e. The summed E-state index contributed by atoms with van der Waals surface area (Å²) < 4.78 is 26.5. The van der Waals surface area contributed by atoms with Crippen LogP contribution in [-0.4, -0.2) is 0 Å². The van der Waals surface area contributed by atoms with E-state index < -0.39 is 17.0 Å². The summed E-state index contributed by atoms with van der Waals surface area (Å²) in [6.45, 7) is 7.01. The number of allylic oxidation sites excluding steroid dienone is 1. The fourth-order valence-electron chi connectivity index (χ4n) is 1.22. The molecule has 0 saturated carbocycles. The number of halogens is 2. The van der Waals surface area contributed by atoms with Gasteiger partial charge >= 0.3 is 0 Å². The summed E-state index contributed by atoms with van der Waals surface area (Å²) in [6.07, 6.45) is 1.54. The normalized spacial score (nSPS) is 11.4. The standard InChI is InChI=1S/C11H12F2/c1-4-11(2,3)10-8(12)6-5-7-9(10)13/h4-7H,1H2,2-3H3. The molecule has 13 heavy (non-hydrogen) atoms. The smallest absolute Gasteiger partial charge is 0.130 e. The zero-order chi connectivity index (χ0) is 10.1. The molecule has 0 aromatic heterocycles. The highest BCUT2D eigenvalue weighted by molar-refractivity contribution is 5.31. The van der Waals surface area contributed by atoms with Gasteiger partial charge in [0.1, 0.15) is 11.6 Å². The van der Waals surface area contributed by atoms with E-state index in [4.69, 9.17) is 0 Å². The highest BCUT2D eigenvalue weighted by Crippen LogP contribution is 2.28. The van der Waals surface area contributed by atoms with E-state index in [0.717, 1.165) is 0 Å². The van der Waals surface area contributed by atoms with E-state index in [-0.39, 0.29) is 5.56 Å². The first kappa shape index (κ1) is 9.90. The first-order chi connectivity index (χ1) is 5.99. The van der Waals surface area contributed by atoms with Crippen molar-refractivity contribution in [1.29, 1.82) is 0 Å². The molecule has 0 saturated heterocycles. The molecule has 0 fully saturated rings. The molecule has 2 heteroatoms. The first-order valence-corrected chi connectivity index (χ1v) is 4.07. The third kappa shape index (κ3) is 1.77. The zero-order valence-corrected chi connectivity index (χ0v) is 7.77. The summed E-state index contributed by atoms with van der Waals surface area (Å²) in [6, 6.07) is 3.86. The van der Waals surface area contributed by atoms with Gasteiger partial charge in [0, 0.05) is 11.0 Å². The topological polar surface area (TPSA) is 0 Å². The Morgan fingerprint density at radius 1 is 1.23 bits per heavy atom. The largest absolute Gasteiger partial charge is 0.207 e. The predicted octanol–water partition coefficient (Wildman–Crippen LogP) is 3.43. The summed E-state index contributed by atoms with van der Waals surface area (Å²) >= 11 is 0. The molecular formula is C11H12F2. The minimum atomic E-state index is -0.671. The van der Waals surface area contributed by atoms with Crippen LogP contribution in [0.2, 0.25) is 0 Å². The molecule has 1 aromatic carbocycles. The van der Waals surface area contributed by atoms with E-state index in [2.05, 4.69) is 6.58 Å². The average molecular weight is 182 g/mol. The molecule has 0 aliphatic rings. The maximum Gasteiger partial charge on any atom is 0.130 e. The third-order valence-corrected chi connectivity index (χ3v) is 2.12. The lowest BCUT2D eigenvalue weighted by Crippen LogP contribution is -2.17. The molecule has 0 amide bonds. The summed E-state index contributed by atoms with van der Waals surface area (Å²) in [5.41, 5.74) is -0.597. The fraction of sp³-hybridized carbons (Fsp3) is 0.273. The number of hydrogen-bond donors (Lipinski definition) is 0. The molecule has 0 nitrogen and oxygen atoms in total. The van der Waals surface area contributed by atoms with E-state index >= 15 is 0 Å². The molecule has 0 unspecified atom stereocenters. The molecule has 0 heterocycles. The molecule has 0 bridgehead atoms. The average Bonchev–Trinajstić information content (AvgIpc) is 2.03. The predicted molar refractivity (Wildman–Crippen MR) is 49.6 cm³/mol. The molecule has 0 N–H and O–H groups in total. The Morgan fingerprint density at radius 2 is 1.69 bits per heavy atom. The molecule has 0 radical (unpaired) electrons. The van der Waals surface area contributed by atoms with Crippen LogP contribution in [0, 0.1) is 11.6 Å². The maximum atomic E-state index is 13.2. The molecule has 1 rings (SSSR count). The summed E-state index contributed by atoms with van der Waals surface area (Å²) in [4.78, 5) is 0. The van der Waals surface area contributed by atoms with Gasteiger partial charge in [-0.1, -0.05) is 26.0 Å². The Labute approximate surface area is 76.9 Å². The van der Waals surface area contributed by atoms with Gasteiger partial charge in [-0.05, 0) is 12.1 Å². The van der Waals surface area contributed by atoms with E-state index in [1.165, 1.54) is 24.3 Å². The lowest BCUT2D eigenvalue weighted by Gasteiger charge is -2.21. The Bertz CT molecular complexity index is 307. The van der Waals surface area contributed by atoms with Crippen LogP contribution in [0.1, 0.15) is 19.4 Å².